The van der Waals surface area contributed by atoms with Gasteiger partial charge >= 0.3 is 0 Å². The first-order valence-corrected chi connectivity index (χ1v) is 7.29. The summed E-state index contributed by atoms with van der Waals surface area (Å²) < 4.78 is 5.28. The molecule has 0 unspecified atom stereocenters. The predicted octanol–water partition coefficient (Wildman–Crippen LogP) is 2.40. The van der Waals surface area contributed by atoms with Crippen LogP contribution in [0.2, 0.25) is 0 Å². The van der Waals surface area contributed by atoms with Crippen molar-refractivity contribution in [1.82, 2.24) is 9.88 Å². The molecule has 0 saturated heterocycles. The number of ether oxygens (including phenoxy) is 1. The number of anilines is 1. The Labute approximate surface area is 121 Å². The maximum atomic E-state index is 12.2. The van der Waals surface area contributed by atoms with Crippen LogP contribution in [0.1, 0.15) is 37.7 Å². The van der Waals surface area contributed by atoms with Gasteiger partial charge in [0.15, 0.2) is 0 Å². The van der Waals surface area contributed by atoms with Crippen LogP contribution < -0.4 is 5.32 Å². The lowest BCUT2D eigenvalue weighted by Crippen LogP contribution is -2.31. The van der Waals surface area contributed by atoms with Crippen LogP contribution in [0.15, 0.2) is 18.3 Å². The van der Waals surface area contributed by atoms with Crippen molar-refractivity contribution in [3.63, 3.8) is 0 Å². The van der Waals surface area contributed by atoms with E-state index in [1.165, 1.54) is 0 Å². The Hall–Kier alpha value is -1.62. The molecule has 0 aliphatic heterocycles. The SMILES string of the molecule is CCOCCCNc1ccnc(C(=O)N(CC)CC)c1. The van der Waals surface area contributed by atoms with Gasteiger partial charge in [-0.1, -0.05) is 0 Å². The number of nitrogens with one attached hydrogen (secondary N) is 1. The van der Waals surface area contributed by atoms with E-state index in [1.807, 2.05) is 26.8 Å². The number of amides is 1. The topological polar surface area (TPSA) is 54.5 Å². The Morgan fingerprint density at radius 2 is 2.10 bits per heavy atom. The van der Waals surface area contributed by atoms with Crippen LogP contribution in [0.5, 0.6) is 0 Å². The standard InChI is InChI=1S/C15H25N3O2/c1-4-18(5-2)15(19)14-12-13(8-10-17-14)16-9-7-11-20-6-3/h8,10,12H,4-7,9,11H2,1-3H3,(H,16,17). The maximum absolute atomic E-state index is 12.2. The van der Waals surface area contributed by atoms with Gasteiger partial charge in [-0.3, -0.25) is 9.78 Å². The first-order chi connectivity index (χ1) is 9.72. The van der Waals surface area contributed by atoms with Gasteiger partial charge in [-0.25, -0.2) is 0 Å². The second-order valence-corrected chi connectivity index (χ2v) is 4.38. The van der Waals surface area contributed by atoms with Gasteiger partial charge in [0.25, 0.3) is 5.91 Å². The largest absolute Gasteiger partial charge is 0.385 e. The smallest absolute Gasteiger partial charge is 0.272 e. The first-order valence-electron chi connectivity index (χ1n) is 7.29. The Balaban J connectivity index is 2.55. The maximum Gasteiger partial charge on any atom is 0.272 e. The van der Waals surface area contributed by atoms with E-state index >= 15 is 0 Å². The molecule has 0 atom stereocenters. The molecule has 0 aromatic carbocycles. The molecule has 1 rings (SSSR count). The summed E-state index contributed by atoms with van der Waals surface area (Å²) in [6.07, 6.45) is 2.61. The highest BCUT2D eigenvalue weighted by molar-refractivity contribution is 5.93. The molecular formula is C15H25N3O2. The number of nitrogens with zero attached hydrogens (tertiary/aromatic N) is 2. The summed E-state index contributed by atoms with van der Waals surface area (Å²) in [6, 6.07) is 3.68. The molecule has 0 bridgehead atoms. The van der Waals surface area contributed by atoms with Crippen molar-refractivity contribution in [3.8, 4) is 0 Å². The van der Waals surface area contributed by atoms with Crippen LogP contribution in [-0.2, 0) is 4.74 Å². The third-order valence-electron chi connectivity index (χ3n) is 3.03. The number of aromatic nitrogens is 1. The summed E-state index contributed by atoms with van der Waals surface area (Å²) in [5.74, 6) is -0.0204. The van der Waals surface area contributed by atoms with Gasteiger partial charge in [-0.15, -0.1) is 0 Å². The van der Waals surface area contributed by atoms with E-state index in [2.05, 4.69) is 10.3 Å². The average Bonchev–Trinajstić information content (AvgIpc) is 2.48. The predicted molar refractivity (Wildman–Crippen MR) is 81.1 cm³/mol. The number of hydrogen-bond acceptors (Lipinski definition) is 4. The minimum absolute atomic E-state index is 0.0204. The van der Waals surface area contributed by atoms with Crippen LogP contribution in [0.25, 0.3) is 0 Å². The summed E-state index contributed by atoms with van der Waals surface area (Å²) in [7, 11) is 0. The second-order valence-electron chi connectivity index (χ2n) is 4.38. The highest BCUT2D eigenvalue weighted by Gasteiger charge is 2.13. The van der Waals surface area contributed by atoms with Gasteiger partial charge in [0.05, 0.1) is 0 Å². The number of pyridine rings is 1. The summed E-state index contributed by atoms with van der Waals surface area (Å²) >= 11 is 0. The van der Waals surface area contributed by atoms with E-state index in [9.17, 15) is 4.79 Å². The molecule has 5 heteroatoms. The van der Waals surface area contributed by atoms with Gasteiger partial charge in [0.1, 0.15) is 5.69 Å². The van der Waals surface area contributed by atoms with Crippen molar-refractivity contribution in [2.24, 2.45) is 0 Å². The van der Waals surface area contributed by atoms with E-state index in [4.69, 9.17) is 4.74 Å². The Morgan fingerprint density at radius 1 is 1.35 bits per heavy atom. The van der Waals surface area contributed by atoms with E-state index in [0.29, 0.717) is 18.8 Å². The molecular weight excluding hydrogens is 254 g/mol. The molecule has 0 spiro atoms. The summed E-state index contributed by atoms with van der Waals surface area (Å²) in [4.78, 5) is 18.1. The van der Waals surface area contributed by atoms with Crippen LogP contribution in [0.4, 0.5) is 5.69 Å². The average molecular weight is 279 g/mol. The van der Waals surface area contributed by atoms with Crippen molar-refractivity contribution >= 4 is 11.6 Å². The fraction of sp³-hybridized carbons (Fsp3) is 0.600. The first kappa shape index (κ1) is 16.4. The number of carbonyl (C=O) groups is 1. The number of rotatable bonds is 9. The van der Waals surface area contributed by atoms with E-state index in [1.54, 1.807) is 17.2 Å². The van der Waals surface area contributed by atoms with Gasteiger partial charge in [-0.2, -0.15) is 0 Å². The van der Waals surface area contributed by atoms with Crippen LogP contribution in [0, 0.1) is 0 Å². The van der Waals surface area contributed by atoms with Crippen LogP contribution >= 0.6 is 0 Å². The lowest BCUT2D eigenvalue weighted by molar-refractivity contribution is 0.0767. The minimum Gasteiger partial charge on any atom is -0.385 e. The molecule has 1 N–H and O–H groups in total. The molecule has 20 heavy (non-hydrogen) atoms. The Kier molecular flexibility index (Phi) is 7.65. The quantitative estimate of drug-likeness (QED) is 0.705. The summed E-state index contributed by atoms with van der Waals surface area (Å²) in [5.41, 5.74) is 1.41. The van der Waals surface area contributed by atoms with E-state index < -0.39 is 0 Å². The van der Waals surface area contributed by atoms with Crippen molar-refractivity contribution in [1.29, 1.82) is 0 Å². The molecule has 0 radical (unpaired) electrons. The van der Waals surface area contributed by atoms with Crippen LogP contribution in [-0.4, -0.2) is 48.6 Å². The number of hydrogen-bond donors (Lipinski definition) is 1. The number of carbonyl (C=O) groups excluding carboxylic acids is 1. The monoisotopic (exact) mass is 279 g/mol. The molecule has 0 aliphatic carbocycles. The van der Waals surface area contributed by atoms with Crippen LogP contribution in [0.3, 0.4) is 0 Å². The zero-order valence-corrected chi connectivity index (χ0v) is 12.7. The molecule has 0 fully saturated rings. The lowest BCUT2D eigenvalue weighted by Gasteiger charge is -2.18. The van der Waals surface area contributed by atoms with Gasteiger partial charge in [0, 0.05) is 44.7 Å². The molecule has 0 aliphatic rings. The molecule has 0 saturated carbocycles. The lowest BCUT2D eigenvalue weighted by atomic mass is 10.2. The van der Waals surface area contributed by atoms with Crippen molar-refractivity contribution in [2.75, 3.05) is 38.2 Å². The second kappa shape index (κ2) is 9.31. The highest BCUT2D eigenvalue weighted by Crippen LogP contribution is 2.10. The zero-order chi connectivity index (χ0) is 14.8. The van der Waals surface area contributed by atoms with Crippen molar-refractivity contribution < 1.29 is 9.53 Å². The third-order valence-corrected chi connectivity index (χ3v) is 3.03. The Morgan fingerprint density at radius 3 is 2.75 bits per heavy atom. The van der Waals surface area contributed by atoms with E-state index in [-0.39, 0.29) is 5.91 Å². The summed E-state index contributed by atoms with van der Waals surface area (Å²) in [5, 5.41) is 3.28. The fourth-order valence-corrected chi connectivity index (χ4v) is 1.88. The van der Waals surface area contributed by atoms with E-state index in [0.717, 1.165) is 31.9 Å². The molecule has 1 aromatic rings. The van der Waals surface area contributed by atoms with Crippen molar-refractivity contribution in [3.05, 3.63) is 24.0 Å². The van der Waals surface area contributed by atoms with Gasteiger partial charge in [0.2, 0.25) is 0 Å². The van der Waals surface area contributed by atoms with Gasteiger partial charge < -0.3 is 15.0 Å². The molecule has 1 aromatic heterocycles. The molecule has 1 heterocycles. The zero-order valence-electron chi connectivity index (χ0n) is 12.7. The molecule has 112 valence electrons. The highest BCUT2D eigenvalue weighted by atomic mass is 16.5. The third kappa shape index (κ3) is 5.17. The fourth-order valence-electron chi connectivity index (χ4n) is 1.88. The summed E-state index contributed by atoms with van der Waals surface area (Å²) in [6.45, 7) is 9.64. The minimum atomic E-state index is -0.0204. The van der Waals surface area contributed by atoms with Gasteiger partial charge in [-0.05, 0) is 39.3 Å². The Bertz CT molecular complexity index is 406. The molecule has 1 amide bonds. The molecule has 5 nitrogen and oxygen atoms in total. The van der Waals surface area contributed by atoms with Crippen molar-refractivity contribution in [2.45, 2.75) is 27.2 Å². The normalized spacial score (nSPS) is 10.3.